The Morgan fingerprint density at radius 2 is 1.71 bits per heavy atom. The van der Waals surface area contributed by atoms with Crippen LogP contribution in [0.25, 0.3) is 11.0 Å². The highest BCUT2D eigenvalue weighted by Crippen LogP contribution is 2.23. The molecule has 0 spiro atoms. The maximum atomic E-state index is 13.7. The van der Waals surface area contributed by atoms with E-state index in [0.717, 1.165) is 5.56 Å². The zero-order chi connectivity index (χ0) is 22.6. The number of nitrogens with one attached hydrogen (secondary N) is 1. The molecule has 1 amide bonds. The van der Waals surface area contributed by atoms with Crippen LogP contribution in [0.5, 0.6) is 0 Å². The number of para-hydroxylation sites is 1. The van der Waals surface area contributed by atoms with E-state index < -0.39 is 29.1 Å². The lowest BCUT2D eigenvalue weighted by molar-refractivity contribution is 0.0491. The van der Waals surface area contributed by atoms with Crippen molar-refractivity contribution in [2.75, 3.05) is 0 Å². The summed E-state index contributed by atoms with van der Waals surface area (Å²) < 4.78 is 10.7. The Bertz CT molecular complexity index is 1150. The van der Waals surface area contributed by atoms with Gasteiger partial charge in [0.1, 0.15) is 11.2 Å². The third-order valence-corrected chi connectivity index (χ3v) is 4.65. The van der Waals surface area contributed by atoms with Crippen LogP contribution in [0.3, 0.4) is 0 Å². The van der Waals surface area contributed by atoms with Gasteiger partial charge in [0.25, 0.3) is 0 Å². The van der Waals surface area contributed by atoms with Gasteiger partial charge in [0, 0.05) is 23.9 Å². The Balaban J connectivity index is 2.07. The quantitative estimate of drug-likeness (QED) is 0.464. The van der Waals surface area contributed by atoms with Crippen molar-refractivity contribution < 1.29 is 18.7 Å². The predicted octanol–water partition coefficient (Wildman–Crippen LogP) is 3.57. The van der Waals surface area contributed by atoms with Gasteiger partial charge in [-0.05, 0) is 32.4 Å². The Morgan fingerprint density at radius 3 is 2.35 bits per heavy atom. The minimum Gasteiger partial charge on any atom is -0.444 e. The van der Waals surface area contributed by atoms with E-state index in [1.165, 1.54) is 0 Å². The molecule has 0 bridgehead atoms. The number of amides is 1. The first-order chi connectivity index (χ1) is 14.7. The molecule has 7 nitrogen and oxygen atoms in total. The van der Waals surface area contributed by atoms with Gasteiger partial charge in [-0.1, -0.05) is 48.5 Å². The molecule has 0 fully saturated rings. The highest BCUT2D eigenvalue weighted by molar-refractivity contribution is 6.11. The molecule has 0 saturated carbocycles. The van der Waals surface area contributed by atoms with Gasteiger partial charge in [0.2, 0.25) is 0 Å². The first-order valence-electron chi connectivity index (χ1n) is 10.0. The number of benzene rings is 2. The highest BCUT2D eigenvalue weighted by Gasteiger charge is 2.29. The Morgan fingerprint density at radius 1 is 1.06 bits per heavy atom. The first kappa shape index (κ1) is 22.2. The van der Waals surface area contributed by atoms with E-state index in [4.69, 9.17) is 14.9 Å². The Hall–Kier alpha value is -3.45. The van der Waals surface area contributed by atoms with Gasteiger partial charge < -0.3 is 20.2 Å². The van der Waals surface area contributed by atoms with E-state index in [-0.39, 0.29) is 29.7 Å². The largest absolute Gasteiger partial charge is 0.444 e. The number of ketones is 1. The average molecular weight is 422 g/mol. The molecule has 0 unspecified atom stereocenters. The van der Waals surface area contributed by atoms with Crippen molar-refractivity contribution in [1.82, 2.24) is 5.32 Å². The Labute approximate surface area is 180 Å². The van der Waals surface area contributed by atoms with Crippen LogP contribution >= 0.6 is 0 Å². The molecule has 1 aromatic heterocycles. The van der Waals surface area contributed by atoms with Gasteiger partial charge in [-0.3, -0.25) is 4.79 Å². The number of hydrogen-bond acceptors (Lipinski definition) is 6. The zero-order valence-electron chi connectivity index (χ0n) is 17.8. The molecule has 1 heterocycles. The summed E-state index contributed by atoms with van der Waals surface area (Å²) in [6.07, 6.45) is -0.499. The lowest BCUT2D eigenvalue weighted by Crippen LogP contribution is -2.45. The van der Waals surface area contributed by atoms with Crippen LogP contribution in [0.4, 0.5) is 4.79 Å². The smallest absolute Gasteiger partial charge is 0.408 e. The summed E-state index contributed by atoms with van der Waals surface area (Å²) in [5, 5.41) is 3.14. The van der Waals surface area contributed by atoms with E-state index in [1.54, 1.807) is 45.0 Å². The normalized spacial score (nSPS) is 12.4. The number of carbonyl (C=O) groups is 2. The van der Waals surface area contributed by atoms with Crippen LogP contribution in [0.15, 0.2) is 63.8 Å². The van der Waals surface area contributed by atoms with Crippen molar-refractivity contribution in [3.63, 3.8) is 0 Å². The molecule has 7 heteroatoms. The standard InChI is InChI=1S/C24H26N2O5/c1-24(2,3)31-23(29)26-18(13-15-9-5-4-6-10-15)21(27)20-16-11-7-8-12-19(16)30-22(28)17(20)14-25/h4-12,18H,13-14,25H2,1-3H3,(H,26,29)/t18-/m0/s1. The number of rotatable bonds is 6. The molecular formula is C24H26N2O5. The number of fused-ring (bicyclic) bond motifs is 1. The summed E-state index contributed by atoms with van der Waals surface area (Å²) in [6, 6.07) is 15.1. The van der Waals surface area contributed by atoms with Gasteiger partial charge in [-0.2, -0.15) is 0 Å². The van der Waals surface area contributed by atoms with Crippen LogP contribution in [0.2, 0.25) is 0 Å². The summed E-state index contributed by atoms with van der Waals surface area (Å²) >= 11 is 0. The van der Waals surface area contributed by atoms with Crippen LogP contribution in [0, 0.1) is 0 Å². The fourth-order valence-electron chi connectivity index (χ4n) is 3.34. The monoisotopic (exact) mass is 422 g/mol. The van der Waals surface area contributed by atoms with Crippen molar-refractivity contribution in [3.8, 4) is 0 Å². The van der Waals surface area contributed by atoms with Crippen molar-refractivity contribution in [2.24, 2.45) is 5.73 Å². The number of Topliss-reactive ketones (excluding diaryl/α,β-unsaturated/α-hetero) is 1. The topological polar surface area (TPSA) is 112 Å². The molecule has 0 saturated heterocycles. The predicted molar refractivity (Wildman–Crippen MR) is 118 cm³/mol. The Kier molecular flexibility index (Phi) is 6.56. The van der Waals surface area contributed by atoms with Crippen LogP contribution in [-0.2, 0) is 17.7 Å². The summed E-state index contributed by atoms with van der Waals surface area (Å²) in [4.78, 5) is 38.6. The molecule has 1 atom stereocenters. The molecule has 0 aliphatic rings. The zero-order valence-corrected chi connectivity index (χ0v) is 17.8. The van der Waals surface area contributed by atoms with Crippen LogP contribution in [-0.4, -0.2) is 23.5 Å². The molecule has 31 heavy (non-hydrogen) atoms. The SMILES string of the molecule is CC(C)(C)OC(=O)N[C@@H](Cc1ccccc1)C(=O)c1c(CN)c(=O)oc2ccccc12. The van der Waals surface area contributed by atoms with Gasteiger partial charge in [-0.15, -0.1) is 0 Å². The first-order valence-corrected chi connectivity index (χ1v) is 10.0. The number of carbonyl (C=O) groups excluding carboxylic acids is 2. The number of alkyl carbamates (subject to hydrolysis) is 1. The molecule has 3 rings (SSSR count). The van der Waals surface area contributed by atoms with Gasteiger partial charge in [-0.25, -0.2) is 9.59 Å². The van der Waals surface area contributed by atoms with Crippen molar-refractivity contribution in [2.45, 2.75) is 45.4 Å². The number of nitrogens with two attached hydrogens (primary N) is 1. The molecule has 2 aromatic carbocycles. The molecule has 0 radical (unpaired) electrons. The third kappa shape index (κ3) is 5.38. The van der Waals surface area contributed by atoms with E-state index in [0.29, 0.717) is 5.39 Å². The van der Waals surface area contributed by atoms with E-state index >= 15 is 0 Å². The summed E-state index contributed by atoms with van der Waals surface area (Å²) in [7, 11) is 0. The molecule has 0 aliphatic heterocycles. The molecule has 3 N–H and O–H groups in total. The molecule has 162 valence electrons. The lowest BCUT2D eigenvalue weighted by atomic mass is 9.93. The minimum absolute atomic E-state index is 0.0766. The average Bonchev–Trinajstić information content (AvgIpc) is 2.71. The van der Waals surface area contributed by atoms with Crippen molar-refractivity contribution >= 4 is 22.8 Å². The summed E-state index contributed by atoms with van der Waals surface area (Å²) in [5.41, 5.74) is 5.76. The second-order valence-corrected chi connectivity index (χ2v) is 8.20. The second-order valence-electron chi connectivity index (χ2n) is 8.20. The highest BCUT2D eigenvalue weighted by atomic mass is 16.6. The van der Waals surface area contributed by atoms with E-state index in [1.807, 2.05) is 30.3 Å². The summed E-state index contributed by atoms with van der Waals surface area (Å²) in [6.45, 7) is 5.05. The molecular weight excluding hydrogens is 396 g/mol. The fourth-order valence-corrected chi connectivity index (χ4v) is 3.34. The fraction of sp³-hybridized carbons (Fsp3) is 0.292. The number of hydrogen-bond donors (Lipinski definition) is 2. The maximum Gasteiger partial charge on any atom is 0.408 e. The maximum absolute atomic E-state index is 13.7. The molecule has 3 aromatic rings. The van der Waals surface area contributed by atoms with E-state index in [2.05, 4.69) is 5.32 Å². The van der Waals surface area contributed by atoms with Crippen molar-refractivity contribution in [1.29, 1.82) is 0 Å². The minimum atomic E-state index is -0.965. The second kappa shape index (κ2) is 9.14. The van der Waals surface area contributed by atoms with Crippen molar-refractivity contribution in [3.05, 3.63) is 81.7 Å². The van der Waals surface area contributed by atoms with Gasteiger partial charge in [0.15, 0.2) is 5.78 Å². The summed E-state index contributed by atoms with van der Waals surface area (Å²) in [5.74, 6) is -0.431. The molecule has 0 aliphatic carbocycles. The van der Waals surface area contributed by atoms with Crippen LogP contribution in [0.1, 0.15) is 42.3 Å². The van der Waals surface area contributed by atoms with Gasteiger partial charge in [0.05, 0.1) is 11.6 Å². The third-order valence-electron chi connectivity index (χ3n) is 4.65. The lowest BCUT2D eigenvalue weighted by Gasteiger charge is -2.24. The van der Waals surface area contributed by atoms with Crippen LogP contribution < -0.4 is 16.7 Å². The number of ether oxygens (including phenoxy) is 1. The van der Waals surface area contributed by atoms with E-state index in [9.17, 15) is 14.4 Å². The van der Waals surface area contributed by atoms with Gasteiger partial charge >= 0.3 is 11.7 Å².